The minimum absolute atomic E-state index is 0.0136. The number of piperidine rings is 1. The van der Waals surface area contributed by atoms with E-state index in [1.807, 2.05) is 17.0 Å². The van der Waals surface area contributed by atoms with Gasteiger partial charge in [-0.3, -0.25) is 14.9 Å². The molecule has 1 saturated heterocycles. The van der Waals surface area contributed by atoms with Gasteiger partial charge in [-0.2, -0.15) is 0 Å². The first-order valence-corrected chi connectivity index (χ1v) is 9.08. The van der Waals surface area contributed by atoms with Crippen LogP contribution in [0.1, 0.15) is 30.7 Å². The SMILES string of the molecule is O=C(CCNc1ccccc1[N+](=O)[O-])N1CCC(c2ccc(O)cc2)CC1. The number of carbonyl (C=O) groups excluding carboxylic acids is 1. The molecule has 3 rings (SSSR count). The molecule has 1 fully saturated rings. The van der Waals surface area contributed by atoms with E-state index in [1.165, 1.54) is 11.6 Å². The Labute approximate surface area is 157 Å². The summed E-state index contributed by atoms with van der Waals surface area (Å²) < 4.78 is 0. The highest BCUT2D eigenvalue weighted by Crippen LogP contribution is 2.29. The molecule has 0 aromatic heterocycles. The Hall–Kier alpha value is -3.09. The van der Waals surface area contributed by atoms with Crippen molar-refractivity contribution in [1.82, 2.24) is 4.90 Å². The molecule has 142 valence electrons. The Balaban J connectivity index is 1.46. The average Bonchev–Trinajstić information content (AvgIpc) is 2.69. The van der Waals surface area contributed by atoms with Crippen LogP contribution < -0.4 is 5.32 Å². The normalized spacial score (nSPS) is 14.7. The van der Waals surface area contributed by atoms with Crippen molar-refractivity contribution in [3.8, 4) is 5.75 Å². The van der Waals surface area contributed by atoms with Gasteiger partial charge in [0.1, 0.15) is 11.4 Å². The summed E-state index contributed by atoms with van der Waals surface area (Å²) in [4.78, 5) is 24.8. The number of nitro benzene ring substituents is 1. The Morgan fingerprint density at radius 1 is 1.15 bits per heavy atom. The number of phenols is 1. The molecule has 2 N–H and O–H groups in total. The molecule has 1 aliphatic rings. The first-order valence-electron chi connectivity index (χ1n) is 9.08. The van der Waals surface area contributed by atoms with E-state index in [1.54, 1.807) is 30.3 Å². The molecule has 0 radical (unpaired) electrons. The number of anilines is 1. The lowest BCUT2D eigenvalue weighted by Gasteiger charge is -2.32. The van der Waals surface area contributed by atoms with E-state index >= 15 is 0 Å². The Kier molecular flexibility index (Phi) is 5.90. The van der Waals surface area contributed by atoms with Gasteiger partial charge in [0, 0.05) is 32.1 Å². The third kappa shape index (κ3) is 4.75. The average molecular weight is 369 g/mol. The number of likely N-dealkylation sites (tertiary alicyclic amines) is 1. The van der Waals surface area contributed by atoms with Crippen LogP contribution in [0.25, 0.3) is 0 Å². The predicted octanol–water partition coefficient (Wildman–Crippen LogP) is 3.51. The second kappa shape index (κ2) is 8.53. The number of para-hydroxylation sites is 2. The second-order valence-corrected chi connectivity index (χ2v) is 6.70. The molecule has 2 aromatic carbocycles. The minimum Gasteiger partial charge on any atom is -0.508 e. The van der Waals surface area contributed by atoms with Crippen molar-refractivity contribution >= 4 is 17.3 Å². The van der Waals surface area contributed by atoms with Crippen LogP contribution in [-0.2, 0) is 4.79 Å². The van der Waals surface area contributed by atoms with Crippen LogP contribution in [-0.4, -0.2) is 40.5 Å². The Morgan fingerprint density at radius 2 is 1.81 bits per heavy atom. The maximum atomic E-state index is 12.4. The minimum atomic E-state index is -0.432. The number of nitrogens with zero attached hydrogens (tertiary/aromatic N) is 2. The van der Waals surface area contributed by atoms with Crippen LogP contribution >= 0.6 is 0 Å². The summed E-state index contributed by atoms with van der Waals surface area (Å²) in [6.07, 6.45) is 2.10. The first kappa shape index (κ1) is 18.7. The maximum Gasteiger partial charge on any atom is 0.292 e. The van der Waals surface area contributed by atoms with Crippen LogP contribution in [0.4, 0.5) is 11.4 Å². The molecule has 1 heterocycles. The molecule has 0 aliphatic carbocycles. The van der Waals surface area contributed by atoms with E-state index in [4.69, 9.17) is 0 Å². The number of hydrogen-bond acceptors (Lipinski definition) is 5. The number of phenolic OH excluding ortho intramolecular Hbond substituents is 1. The van der Waals surface area contributed by atoms with Gasteiger partial charge in [-0.1, -0.05) is 24.3 Å². The molecule has 7 nitrogen and oxygen atoms in total. The van der Waals surface area contributed by atoms with Crippen molar-refractivity contribution in [3.05, 3.63) is 64.2 Å². The van der Waals surface area contributed by atoms with Gasteiger partial charge in [-0.05, 0) is 42.5 Å². The number of nitro groups is 1. The van der Waals surface area contributed by atoms with Gasteiger partial charge in [0.2, 0.25) is 5.91 Å². The topological polar surface area (TPSA) is 95.7 Å². The van der Waals surface area contributed by atoms with Crippen molar-refractivity contribution < 1.29 is 14.8 Å². The lowest BCUT2D eigenvalue weighted by molar-refractivity contribution is -0.384. The van der Waals surface area contributed by atoms with Crippen molar-refractivity contribution in [2.75, 3.05) is 25.0 Å². The number of amides is 1. The zero-order chi connectivity index (χ0) is 19.2. The molecule has 27 heavy (non-hydrogen) atoms. The summed E-state index contributed by atoms with van der Waals surface area (Å²) in [6, 6.07) is 13.7. The van der Waals surface area contributed by atoms with Crippen molar-refractivity contribution in [3.63, 3.8) is 0 Å². The quantitative estimate of drug-likeness (QED) is 0.600. The van der Waals surface area contributed by atoms with E-state index in [-0.39, 0.29) is 17.3 Å². The molecule has 0 saturated carbocycles. The summed E-state index contributed by atoms with van der Waals surface area (Å²) in [5.41, 5.74) is 1.64. The molecule has 0 bridgehead atoms. The largest absolute Gasteiger partial charge is 0.508 e. The van der Waals surface area contributed by atoms with Gasteiger partial charge in [0.15, 0.2) is 0 Å². The lowest BCUT2D eigenvalue weighted by Crippen LogP contribution is -2.38. The van der Waals surface area contributed by atoms with Crippen LogP contribution in [0.5, 0.6) is 5.75 Å². The second-order valence-electron chi connectivity index (χ2n) is 6.70. The first-order chi connectivity index (χ1) is 13.0. The van der Waals surface area contributed by atoms with Gasteiger partial charge in [0.05, 0.1) is 4.92 Å². The zero-order valence-electron chi connectivity index (χ0n) is 15.0. The Bertz CT molecular complexity index is 799. The van der Waals surface area contributed by atoms with Crippen LogP contribution in [0, 0.1) is 10.1 Å². The van der Waals surface area contributed by atoms with Gasteiger partial charge in [0.25, 0.3) is 5.69 Å². The van der Waals surface area contributed by atoms with Crippen molar-refractivity contribution in [1.29, 1.82) is 0 Å². The summed E-state index contributed by atoms with van der Waals surface area (Å²) >= 11 is 0. The van der Waals surface area contributed by atoms with Gasteiger partial charge >= 0.3 is 0 Å². The van der Waals surface area contributed by atoms with E-state index in [9.17, 15) is 20.0 Å². The standard InChI is InChI=1S/C20H23N3O4/c24-17-7-5-15(6-8-17)16-10-13-22(14-11-16)20(25)9-12-21-18-3-1-2-4-19(18)23(26)27/h1-8,16,21,24H,9-14H2. The zero-order valence-corrected chi connectivity index (χ0v) is 15.0. The molecule has 7 heteroatoms. The van der Waals surface area contributed by atoms with Gasteiger partial charge in [-0.15, -0.1) is 0 Å². The Morgan fingerprint density at radius 3 is 2.48 bits per heavy atom. The highest BCUT2D eigenvalue weighted by Gasteiger charge is 2.23. The molecule has 0 spiro atoms. The lowest BCUT2D eigenvalue weighted by atomic mass is 9.89. The van der Waals surface area contributed by atoms with E-state index in [0.717, 1.165) is 12.8 Å². The molecular formula is C20H23N3O4. The molecule has 2 aromatic rings. The highest BCUT2D eigenvalue weighted by atomic mass is 16.6. The molecule has 0 atom stereocenters. The van der Waals surface area contributed by atoms with Gasteiger partial charge < -0.3 is 15.3 Å². The number of benzene rings is 2. The summed E-state index contributed by atoms with van der Waals surface area (Å²) in [6.45, 7) is 1.77. The fourth-order valence-electron chi connectivity index (χ4n) is 3.45. The number of carbonyl (C=O) groups is 1. The fourth-order valence-corrected chi connectivity index (χ4v) is 3.45. The van der Waals surface area contributed by atoms with Crippen molar-refractivity contribution in [2.45, 2.75) is 25.2 Å². The summed E-state index contributed by atoms with van der Waals surface area (Å²) in [5.74, 6) is 0.725. The van der Waals surface area contributed by atoms with E-state index < -0.39 is 4.92 Å². The molecule has 1 aliphatic heterocycles. The van der Waals surface area contributed by atoms with Crippen molar-refractivity contribution in [2.24, 2.45) is 0 Å². The van der Waals surface area contributed by atoms with Crippen LogP contribution in [0.15, 0.2) is 48.5 Å². The van der Waals surface area contributed by atoms with Crippen LogP contribution in [0.2, 0.25) is 0 Å². The van der Waals surface area contributed by atoms with E-state index in [2.05, 4.69) is 5.32 Å². The van der Waals surface area contributed by atoms with E-state index in [0.29, 0.717) is 37.7 Å². The highest BCUT2D eigenvalue weighted by molar-refractivity contribution is 5.77. The monoisotopic (exact) mass is 369 g/mol. The molecule has 0 unspecified atom stereocenters. The summed E-state index contributed by atoms with van der Waals surface area (Å²) in [5, 5.41) is 23.4. The fraction of sp³-hybridized carbons (Fsp3) is 0.350. The number of rotatable bonds is 6. The van der Waals surface area contributed by atoms with Crippen LogP contribution in [0.3, 0.4) is 0 Å². The summed E-state index contributed by atoms with van der Waals surface area (Å²) in [7, 11) is 0. The van der Waals surface area contributed by atoms with Gasteiger partial charge in [-0.25, -0.2) is 0 Å². The maximum absolute atomic E-state index is 12.4. The number of hydrogen-bond donors (Lipinski definition) is 2. The smallest absolute Gasteiger partial charge is 0.292 e. The number of aromatic hydroxyl groups is 1. The number of nitrogens with one attached hydrogen (secondary N) is 1. The molecular weight excluding hydrogens is 346 g/mol. The predicted molar refractivity (Wildman–Crippen MR) is 103 cm³/mol. The third-order valence-corrected chi connectivity index (χ3v) is 4.97. The third-order valence-electron chi connectivity index (χ3n) is 4.97. The molecule has 1 amide bonds.